The summed E-state index contributed by atoms with van der Waals surface area (Å²) in [4.78, 5) is 6.54. The van der Waals surface area contributed by atoms with Crippen molar-refractivity contribution in [2.45, 2.75) is 32.2 Å². The van der Waals surface area contributed by atoms with Crippen LogP contribution in [-0.2, 0) is 16.3 Å². The summed E-state index contributed by atoms with van der Waals surface area (Å²) >= 11 is 0. The smallest absolute Gasteiger partial charge is 0.152 e. The highest BCUT2D eigenvalue weighted by molar-refractivity contribution is 7.91. The van der Waals surface area contributed by atoms with E-state index in [-0.39, 0.29) is 17.5 Å². The molecule has 1 aromatic heterocycles. The van der Waals surface area contributed by atoms with Crippen LogP contribution in [0.15, 0.2) is 18.3 Å². The van der Waals surface area contributed by atoms with Gasteiger partial charge in [0.15, 0.2) is 9.84 Å². The first-order valence-corrected chi connectivity index (χ1v) is 8.99. The maximum atomic E-state index is 11.7. The maximum Gasteiger partial charge on any atom is 0.152 e. The Balaban J connectivity index is 2.19. The van der Waals surface area contributed by atoms with Crippen LogP contribution in [0.25, 0.3) is 0 Å². The molecule has 1 aliphatic heterocycles. The van der Waals surface area contributed by atoms with E-state index in [1.54, 1.807) is 6.20 Å². The van der Waals surface area contributed by atoms with Crippen LogP contribution in [0.1, 0.15) is 25.3 Å². The summed E-state index contributed by atoms with van der Waals surface area (Å²) in [5.41, 5.74) is 7.15. The number of nitrogens with zero attached hydrogens (tertiary/aromatic N) is 2. The topological polar surface area (TPSA) is 76.3 Å². The molecule has 6 heteroatoms. The SMILES string of the molecule is CCC(N)Cc1cccnc1N1CCCS(=O)(=O)CC1. The van der Waals surface area contributed by atoms with Gasteiger partial charge in [-0.05, 0) is 30.9 Å². The van der Waals surface area contributed by atoms with Gasteiger partial charge in [-0.3, -0.25) is 0 Å². The second kappa shape index (κ2) is 6.54. The van der Waals surface area contributed by atoms with Gasteiger partial charge < -0.3 is 10.6 Å². The molecular formula is C14H23N3O2S. The Kier molecular flexibility index (Phi) is 4.99. The van der Waals surface area contributed by atoms with Gasteiger partial charge in [-0.2, -0.15) is 0 Å². The van der Waals surface area contributed by atoms with Gasteiger partial charge >= 0.3 is 0 Å². The number of hydrogen-bond acceptors (Lipinski definition) is 5. The standard InChI is InChI=1S/C14H23N3O2S/c1-2-13(15)11-12-5-3-6-16-14(12)17-7-4-9-20(18,19)10-8-17/h3,5-6,13H,2,4,7-11,15H2,1H3. The third-order valence-corrected chi connectivity index (χ3v) is 5.44. The van der Waals surface area contributed by atoms with Crippen LogP contribution < -0.4 is 10.6 Å². The number of pyridine rings is 1. The maximum absolute atomic E-state index is 11.7. The fraction of sp³-hybridized carbons (Fsp3) is 0.643. The number of sulfone groups is 1. The molecule has 20 heavy (non-hydrogen) atoms. The van der Waals surface area contributed by atoms with Crippen molar-refractivity contribution in [3.8, 4) is 0 Å². The molecule has 1 aliphatic rings. The molecule has 0 aromatic carbocycles. The lowest BCUT2D eigenvalue weighted by atomic mass is 10.1. The Bertz CT molecular complexity index is 545. The Hall–Kier alpha value is -1.14. The third kappa shape index (κ3) is 3.93. The molecule has 0 radical (unpaired) electrons. The molecule has 0 amide bonds. The van der Waals surface area contributed by atoms with Crippen LogP contribution in [0.2, 0.25) is 0 Å². The zero-order chi connectivity index (χ0) is 14.6. The van der Waals surface area contributed by atoms with Gasteiger partial charge in [0.05, 0.1) is 11.5 Å². The summed E-state index contributed by atoms with van der Waals surface area (Å²) in [5.74, 6) is 1.39. The molecule has 0 aliphatic carbocycles. The molecule has 5 nitrogen and oxygen atoms in total. The van der Waals surface area contributed by atoms with Gasteiger partial charge in [-0.25, -0.2) is 13.4 Å². The Morgan fingerprint density at radius 1 is 1.40 bits per heavy atom. The van der Waals surface area contributed by atoms with Crippen molar-refractivity contribution in [2.75, 3.05) is 29.5 Å². The minimum atomic E-state index is -2.89. The molecule has 2 N–H and O–H groups in total. The first kappa shape index (κ1) is 15.3. The van der Waals surface area contributed by atoms with Crippen molar-refractivity contribution < 1.29 is 8.42 Å². The molecule has 112 valence electrons. The van der Waals surface area contributed by atoms with E-state index in [0.29, 0.717) is 13.0 Å². The first-order chi connectivity index (χ1) is 9.52. The van der Waals surface area contributed by atoms with Gasteiger partial charge in [0.1, 0.15) is 5.82 Å². The van der Waals surface area contributed by atoms with Crippen molar-refractivity contribution in [2.24, 2.45) is 5.73 Å². The predicted octanol–water partition coefficient (Wildman–Crippen LogP) is 0.986. The second-order valence-electron chi connectivity index (χ2n) is 5.35. The highest BCUT2D eigenvalue weighted by Crippen LogP contribution is 2.21. The summed E-state index contributed by atoms with van der Waals surface area (Å²) in [7, 11) is -2.89. The number of aromatic nitrogens is 1. The minimum absolute atomic E-state index is 0.119. The van der Waals surface area contributed by atoms with Crippen LogP contribution in [-0.4, -0.2) is 44.0 Å². The number of anilines is 1. The first-order valence-electron chi connectivity index (χ1n) is 7.16. The van der Waals surface area contributed by atoms with E-state index in [1.165, 1.54) is 0 Å². The highest BCUT2D eigenvalue weighted by Gasteiger charge is 2.21. The minimum Gasteiger partial charge on any atom is -0.355 e. The summed E-state index contributed by atoms with van der Waals surface area (Å²) in [5, 5.41) is 0. The van der Waals surface area contributed by atoms with Crippen LogP contribution >= 0.6 is 0 Å². The lowest BCUT2D eigenvalue weighted by molar-refractivity contribution is 0.597. The predicted molar refractivity (Wildman–Crippen MR) is 81.7 cm³/mol. The van der Waals surface area contributed by atoms with Crippen molar-refractivity contribution in [3.63, 3.8) is 0 Å². The quantitative estimate of drug-likeness (QED) is 0.897. The molecule has 1 aromatic rings. The Morgan fingerprint density at radius 3 is 2.95 bits per heavy atom. The largest absolute Gasteiger partial charge is 0.355 e. The van der Waals surface area contributed by atoms with Gasteiger partial charge in [-0.15, -0.1) is 0 Å². The molecule has 1 fully saturated rings. The lowest BCUT2D eigenvalue weighted by Gasteiger charge is -2.24. The summed E-state index contributed by atoms with van der Waals surface area (Å²) in [6.45, 7) is 3.33. The van der Waals surface area contributed by atoms with Crippen LogP contribution in [0.4, 0.5) is 5.82 Å². The van der Waals surface area contributed by atoms with Crippen LogP contribution in [0.3, 0.4) is 0 Å². The molecule has 1 saturated heterocycles. The van der Waals surface area contributed by atoms with E-state index < -0.39 is 9.84 Å². The molecule has 0 bridgehead atoms. The molecular weight excluding hydrogens is 274 g/mol. The van der Waals surface area contributed by atoms with E-state index in [9.17, 15) is 8.42 Å². The zero-order valence-electron chi connectivity index (χ0n) is 12.0. The Labute approximate surface area is 121 Å². The van der Waals surface area contributed by atoms with Crippen molar-refractivity contribution in [1.82, 2.24) is 4.98 Å². The van der Waals surface area contributed by atoms with E-state index >= 15 is 0 Å². The van der Waals surface area contributed by atoms with Gasteiger partial charge in [0.2, 0.25) is 0 Å². The lowest BCUT2D eigenvalue weighted by Crippen LogP contribution is -2.30. The Morgan fingerprint density at radius 2 is 2.20 bits per heavy atom. The average molecular weight is 297 g/mol. The van der Waals surface area contributed by atoms with E-state index in [4.69, 9.17) is 5.73 Å². The molecule has 1 atom stereocenters. The summed E-state index contributed by atoms with van der Waals surface area (Å²) in [6, 6.07) is 4.07. The fourth-order valence-corrected chi connectivity index (χ4v) is 3.72. The van der Waals surface area contributed by atoms with Gasteiger partial charge in [0.25, 0.3) is 0 Å². The number of hydrogen-bond donors (Lipinski definition) is 1. The van der Waals surface area contributed by atoms with Crippen LogP contribution in [0.5, 0.6) is 0 Å². The van der Waals surface area contributed by atoms with E-state index in [1.807, 2.05) is 12.1 Å². The average Bonchev–Trinajstić information content (AvgIpc) is 2.60. The monoisotopic (exact) mass is 297 g/mol. The molecule has 1 unspecified atom stereocenters. The normalized spacial score (nSPS) is 20.4. The van der Waals surface area contributed by atoms with Crippen molar-refractivity contribution in [3.05, 3.63) is 23.9 Å². The second-order valence-corrected chi connectivity index (χ2v) is 7.65. The van der Waals surface area contributed by atoms with Gasteiger partial charge in [0, 0.05) is 25.3 Å². The van der Waals surface area contributed by atoms with E-state index in [0.717, 1.165) is 30.8 Å². The zero-order valence-corrected chi connectivity index (χ0v) is 12.8. The fourth-order valence-electron chi connectivity index (χ4n) is 2.45. The van der Waals surface area contributed by atoms with Crippen molar-refractivity contribution >= 4 is 15.7 Å². The molecule has 0 saturated carbocycles. The number of rotatable bonds is 4. The number of nitrogens with two attached hydrogens (primary N) is 1. The molecule has 2 rings (SSSR count). The molecule has 0 spiro atoms. The van der Waals surface area contributed by atoms with Crippen molar-refractivity contribution in [1.29, 1.82) is 0 Å². The third-order valence-electron chi connectivity index (χ3n) is 3.73. The van der Waals surface area contributed by atoms with E-state index in [2.05, 4.69) is 16.8 Å². The van der Waals surface area contributed by atoms with Crippen LogP contribution in [0, 0.1) is 0 Å². The highest BCUT2D eigenvalue weighted by atomic mass is 32.2. The summed E-state index contributed by atoms with van der Waals surface area (Å²) < 4.78 is 23.4. The van der Waals surface area contributed by atoms with Gasteiger partial charge in [-0.1, -0.05) is 13.0 Å². The summed E-state index contributed by atoms with van der Waals surface area (Å²) in [6.07, 6.45) is 4.12. The molecule has 2 heterocycles.